The molecule has 0 radical (unpaired) electrons. The number of nitrogens with one attached hydrogen (secondary N) is 2. The molecule has 3 rings (SSSR count). The highest BCUT2D eigenvalue weighted by Gasteiger charge is 2.42. The highest BCUT2D eigenvalue weighted by Crippen LogP contribution is 2.36. The van der Waals surface area contributed by atoms with Crippen LogP contribution in [0.1, 0.15) is 81.2 Å². The minimum Gasteiger partial charge on any atom is -0.444 e. The lowest BCUT2D eigenvalue weighted by molar-refractivity contribution is -0.146. The van der Waals surface area contributed by atoms with Gasteiger partial charge in [-0.05, 0) is 90.0 Å². The number of hydrogen-bond acceptors (Lipinski definition) is 5. The van der Waals surface area contributed by atoms with Crippen molar-refractivity contribution in [3.05, 3.63) is 64.7 Å². The van der Waals surface area contributed by atoms with Gasteiger partial charge in [0.05, 0.1) is 0 Å². The summed E-state index contributed by atoms with van der Waals surface area (Å²) in [6.45, 7) is 10.9. The number of aryl methyl sites for hydroxylation is 3. The van der Waals surface area contributed by atoms with Crippen LogP contribution >= 0.6 is 0 Å². The maximum Gasteiger partial charge on any atom is 0.408 e. The Kier molecular flexibility index (Phi) is 9.95. The molecule has 0 aromatic heterocycles. The Hall–Kier alpha value is -3.88. The Bertz CT molecular complexity index is 1250. The quantitative estimate of drug-likeness (QED) is 0.390. The second-order valence-electron chi connectivity index (χ2n) is 11.6. The van der Waals surface area contributed by atoms with Crippen molar-refractivity contribution in [3.8, 4) is 0 Å². The van der Waals surface area contributed by atoms with Crippen molar-refractivity contribution in [1.82, 2.24) is 10.2 Å². The van der Waals surface area contributed by atoms with Crippen LogP contribution in [-0.4, -0.2) is 46.4 Å². The largest absolute Gasteiger partial charge is 0.444 e. The van der Waals surface area contributed by atoms with Crippen molar-refractivity contribution >= 4 is 29.5 Å². The standard InChI is InChI=1S/C31H42N4O5/c1-19-14-15-20(2)23(18-19)27(28(37)33-24-13-8-7-10-21(24)3)35(22-11-9-12-22)29(38)25(16-17-26(32)36)34-30(39)40-31(4,5)6/h7-8,10,13-15,18,22,25,27H,9,11-12,16-17H2,1-6H3,(H2,32,36)(H,33,37)(H,34,39). The Morgan fingerprint density at radius 2 is 1.70 bits per heavy atom. The third-order valence-electron chi connectivity index (χ3n) is 7.05. The molecule has 4 N–H and O–H groups in total. The third kappa shape index (κ3) is 8.07. The number of ether oxygens (including phenoxy) is 1. The van der Waals surface area contributed by atoms with Crippen molar-refractivity contribution in [1.29, 1.82) is 0 Å². The number of hydrogen-bond donors (Lipinski definition) is 3. The number of benzene rings is 2. The number of carbonyl (C=O) groups excluding carboxylic acids is 4. The zero-order valence-electron chi connectivity index (χ0n) is 24.4. The molecule has 9 nitrogen and oxygen atoms in total. The molecule has 0 saturated heterocycles. The van der Waals surface area contributed by atoms with Gasteiger partial charge in [0, 0.05) is 18.2 Å². The van der Waals surface area contributed by atoms with Crippen LogP contribution in [0.3, 0.4) is 0 Å². The van der Waals surface area contributed by atoms with Crippen molar-refractivity contribution in [2.24, 2.45) is 5.73 Å². The van der Waals surface area contributed by atoms with E-state index in [4.69, 9.17) is 10.5 Å². The molecule has 1 saturated carbocycles. The summed E-state index contributed by atoms with van der Waals surface area (Å²) >= 11 is 0. The van der Waals surface area contributed by atoms with Crippen LogP contribution < -0.4 is 16.4 Å². The van der Waals surface area contributed by atoms with Gasteiger partial charge in [-0.15, -0.1) is 0 Å². The summed E-state index contributed by atoms with van der Waals surface area (Å²) in [7, 11) is 0. The molecule has 0 heterocycles. The maximum absolute atomic E-state index is 14.3. The number of para-hydroxylation sites is 1. The number of rotatable bonds is 10. The van der Waals surface area contributed by atoms with Crippen LogP contribution in [0.25, 0.3) is 0 Å². The van der Waals surface area contributed by atoms with Crippen molar-refractivity contribution in [2.75, 3.05) is 5.32 Å². The highest BCUT2D eigenvalue weighted by molar-refractivity contribution is 5.99. The molecule has 4 amide bonds. The molecule has 0 aliphatic heterocycles. The SMILES string of the molecule is Cc1ccc(C)c(C(C(=O)Nc2ccccc2C)N(C(=O)C(CCC(N)=O)NC(=O)OC(C)(C)C)C2CCC2)c1. The van der Waals surface area contributed by atoms with Gasteiger partial charge in [-0.25, -0.2) is 4.79 Å². The van der Waals surface area contributed by atoms with E-state index >= 15 is 0 Å². The second kappa shape index (κ2) is 13.0. The van der Waals surface area contributed by atoms with E-state index in [9.17, 15) is 19.2 Å². The van der Waals surface area contributed by atoms with Gasteiger partial charge in [-0.3, -0.25) is 14.4 Å². The first-order chi connectivity index (χ1) is 18.8. The average molecular weight is 551 g/mol. The van der Waals surface area contributed by atoms with Gasteiger partial charge in [0.1, 0.15) is 17.7 Å². The van der Waals surface area contributed by atoms with Gasteiger partial charge in [0.2, 0.25) is 11.8 Å². The van der Waals surface area contributed by atoms with E-state index in [1.165, 1.54) is 0 Å². The smallest absolute Gasteiger partial charge is 0.408 e. The monoisotopic (exact) mass is 550 g/mol. The number of carbonyl (C=O) groups is 4. The number of primary amides is 1. The van der Waals surface area contributed by atoms with Gasteiger partial charge < -0.3 is 26.0 Å². The zero-order chi connectivity index (χ0) is 29.6. The number of nitrogens with two attached hydrogens (primary N) is 1. The lowest BCUT2D eigenvalue weighted by Crippen LogP contribution is -2.57. The molecule has 40 heavy (non-hydrogen) atoms. The van der Waals surface area contributed by atoms with Crippen LogP contribution in [0, 0.1) is 20.8 Å². The molecule has 1 aliphatic carbocycles. The Labute approximate surface area is 236 Å². The van der Waals surface area contributed by atoms with Gasteiger partial charge in [-0.1, -0.05) is 42.0 Å². The maximum atomic E-state index is 14.3. The molecule has 9 heteroatoms. The summed E-state index contributed by atoms with van der Waals surface area (Å²) in [5.74, 6) is -1.40. The average Bonchev–Trinajstić information content (AvgIpc) is 2.82. The van der Waals surface area contributed by atoms with Gasteiger partial charge in [-0.2, -0.15) is 0 Å². The van der Waals surface area contributed by atoms with E-state index in [2.05, 4.69) is 10.6 Å². The fourth-order valence-corrected chi connectivity index (χ4v) is 4.74. The van der Waals surface area contributed by atoms with E-state index in [1.807, 2.05) is 63.2 Å². The number of anilines is 1. The van der Waals surface area contributed by atoms with Crippen LogP contribution in [-0.2, 0) is 19.1 Å². The van der Waals surface area contributed by atoms with E-state index in [0.29, 0.717) is 11.3 Å². The van der Waals surface area contributed by atoms with Crippen LogP contribution in [0.2, 0.25) is 0 Å². The van der Waals surface area contributed by atoms with E-state index in [-0.39, 0.29) is 24.8 Å². The summed E-state index contributed by atoms with van der Waals surface area (Å²) in [6, 6.07) is 11.0. The van der Waals surface area contributed by atoms with Gasteiger partial charge in [0.25, 0.3) is 5.91 Å². The summed E-state index contributed by atoms with van der Waals surface area (Å²) in [5.41, 5.74) is 8.69. The van der Waals surface area contributed by atoms with Crippen molar-refractivity contribution in [2.45, 2.75) is 97.4 Å². The van der Waals surface area contributed by atoms with E-state index in [0.717, 1.165) is 36.0 Å². The minimum atomic E-state index is -1.11. The predicted octanol–water partition coefficient (Wildman–Crippen LogP) is 4.83. The molecule has 1 fully saturated rings. The Morgan fingerprint density at radius 1 is 1.02 bits per heavy atom. The first-order valence-corrected chi connectivity index (χ1v) is 13.8. The molecule has 0 spiro atoms. The summed E-state index contributed by atoms with van der Waals surface area (Å²) in [6.07, 6.45) is 1.44. The fourth-order valence-electron chi connectivity index (χ4n) is 4.74. The normalized spacial score (nSPS) is 14.8. The van der Waals surface area contributed by atoms with Crippen LogP contribution in [0.4, 0.5) is 10.5 Å². The predicted molar refractivity (Wildman–Crippen MR) is 155 cm³/mol. The summed E-state index contributed by atoms with van der Waals surface area (Å²) in [5, 5.41) is 5.69. The molecule has 2 aromatic carbocycles. The Balaban J connectivity index is 2.07. The molecular formula is C31H42N4O5. The molecule has 0 bridgehead atoms. The van der Waals surface area contributed by atoms with Gasteiger partial charge >= 0.3 is 6.09 Å². The first-order valence-electron chi connectivity index (χ1n) is 13.8. The molecule has 2 aromatic rings. The van der Waals surface area contributed by atoms with E-state index < -0.39 is 35.6 Å². The lowest BCUT2D eigenvalue weighted by Gasteiger charge is -2.44. The van der Waals surface area contributed by atoms with Crippen LogP contribution in [0.15, 0.2) is 42.5 Å². The first kappa shape index (κ1) is 30.7. The molecule has 2 atom stereocenters. The Morgan fingerprint density at radius 3 is 2.27 bits per heavy atom. The number of amides is 4. The molecular weight excluding hydrogens is 508 g/mol. The molecule has 1 aliphatic rings. The summed E-state index contributed by atoms with van der Waals surface area (Å²) in [4.78, 5) is 54.5. The lowest BCUT2D eigenvalue weighted by atomic mass is 9.86. The van der Waals surface area contributed by atoms with Crippen molar-refractivity contribution < 1.29 is 23.9 Å². The second-order valence-corrected chi connectivity index (χ2v) is 11.6. The number of nitrogens with zero attached hydrogens (tertiary/aromatic N) is 1. The fraction of sp³-hybridized carbons (Fsp3) is 0.484. The molecule has 2 unspecified atom stereocenters. The minimum absolute atomic E-state index is 0.0183. The third-order valence-corrected chi connectivity index (χ3v) is 7.05. The van der Waals surface area contributed by atoms with Crippen LogP contribution in [0.5, 0.6) is 0 Å². The number of alkyl carbamates (subject to hydrolysis) is 1. The van der Waals surface area contributed by atoms with Gasteiger partial charge in [0.15, 0.2) is 0 Å². The summed E-state index contributed by atoms with van der Waals surface area (Å²) < 4.78 is 5.41. The topological polar surface area (TPSA) is 131 Å². The highest BCUT2D eigenvalue weighted by atomic mass is 16.6. The van der Waals surface area contributed by atoms with E-state index in [1.54, 1.807) is 25.7 Å². The molecule has 216 valence electrons. The zero-order valence-corrected chi connectivity index (χ0v) is 24.4. The van der Waals surface area contributed by atoms with Crippen molar-refractivity contribution in [3.63, 3.8) is 0 Å².